The Bertz CT molecular complexity index is 567. The third kappa shape index (κ3) is 4.22. The Hall–Kier alpha value is -1.60. The van der Waals surface area contributed by atoms with E-state index < -0.39 is 16.0 Å². The van der Waals surface area contributed by atoms with E-state index in [9.17, 15) is 13.2 Å². The summed E-state index contributed by atoms with van der Waals surface area (Å²) in [6.07, 6.45) is 1.53. The van der Waals surface area contributed by atoms with Crippen LogP contribution in [-0.4, -0.2) is 25.6 Å². The molecule has 0 amide bonds. The highest BCUT2D eigenvalue weighted by Crippen LogP contribution is 2.24. The molecule has 0 heterocycles. The van der Waals surface area contributed by atoms with Crippen molar-refractivity contribution in [3.05, 3.63) is 23.8 Å². The smallest absolute Gasteiger partial charge is 0.339 e. The molecular formula is C12H17NO5S. The van der Waals surface area contributed by atoms with Crippen LogP contribution < -0.4 is 9.88 Å². The predicted molar refractivity (Wildman–Crippen MR) is 69.8 cm³/mol. The van der Waals surface area contributed by atoms with Gasteiger partial charge in [-0.1, -0.05) is 13.3 Å². The maximum Gasteiger partial charge on any atom is 0.339 e. The van der Waals surface area contributed by atoms with Crippen molar-refractivity contribution in [3.63, 3.8) is 0 Å². The third-order valence-electron chi connectivity index (χ3n) is 2.53. The van der Waals surface area contributed by atoms with Gasteiger partial charge in [0.05, 0.1) is 11.0 Å². The Morgan fingerprint density at radius 2 is 2.11 bits per heavy atom. The van der Waals surface area contributed by atoms with Crippen LogP contribution in [0.4, 0.5) is 0 Å². The molecule has 0 saturated carbocycles. The summed E-state index contributed by atoms with van der Waals surface area (Å²) in [5.74, 6) is -1.12. The van der Waals surface area contributed by atoms with E-state index in [4.69, 9.17) is 15.0 Å². The second kappa shape index (κ2) is 6.03. The minimum Gasteiger partial charge on any atom is -0.490 e. The molecule has 0 fully saturated rings. The molecule has 1 aromatic rings. The minimum atomic E-state index is -3.93. The van der Waals surface area contributed by atoms with E-state index in [0.717, 1.165) is 18.9 Å². The van der Waals surface area contributed by atoms with E-state index in [2.05, 4.69) is 0 Å². The van der Waals surface area contributed by atoms with Gasteiger partial charge in [-0.3, -0.25) is 0 Å². The Morgan fingerprint density at radius 3 is 2.58 bits per heavy atom. The molecular weight excluding hydrogens is 270 g/mol. The van der Waals surface area contributed by atoms with Gasteiger partial charge < -0.3 is 9.84 Å². The summed E-state index contributed by atoms with van der Waals surface area (Å²) in [5.41, 5.74) is -0.213. The zero-order chi connectivity index (χ0) is 14.6. The highest BCUT2D eigenvalue weighted by atomic mass is 32.2. The molecule has 1 unspecified atom stereocenters. The molecule has 106 valence electrons. The van der Waals surface area contributed by atoms with Gasteiger partial charge in [-0.05, 0) is 31.5 Å². The van der Waals surface area contributed by atoms with Gasteiger partial charge in [0.2, 0.25) is 10.0 Å². The molecule has 1 aromatic carbocycles. The summed E-state index contributed by atoms with van der Waals surface area (Å²) in [6, 6.07) is 3.55. The fourth-order valence-corrected chi connectivity index (χ4v) is 2.18. The van der Waals surface area contributed by atoms with Crippen molar-refractivity contribution in [2.75, 3.05) is 0 Å². The average Bonchev–Trinajstić information content (AvgIpc) is 2.27. The van der Waals surface area contributed by atoms with Gasteiger partial charge >= 0.3 is 5.97 Å². The van der Waals surface area contributed by atoms with Gasteiger partial charge in [0.15, 0.2) is 0 Å². The number of rotatable bonds is 6. The van der Waals surface area contributed by atoms with Crippen molar-refractivity contribution < 1.29 is 23.1 Å². The molecule has 6 nitrogen and oxygen atoms in total. The van der Waals surface area contributed by atoms with Crippen LogP contribution in [0.25, 0.3) is 0 Å². The first kappa shape index (κ1) is 15.5. The van der Waals surface area contributed by atoms with Crippen molar-refractivity contribution in [1.82, 2.24) is 0 Å². The van der Waals surface area contributed by atoms with Crippen molar-refractivity contribution in [3.8, 4) is 5.75 Å². The van der Waals surface area contributed by atoms with Crippen LogP contribution in [-0.2, 0) is 10.0 Å². The number of benzene rings is 1. The van der Waals surface area contributed by atoms with E-state index in [1.165, 1.54) is 12.1 Å². The molecule has 0 spiro atoms. The van der Waals surface area contributed by atoms with Crippen molar-refractivity contribution in [2.45, 2.75) is 37.7 Å². The lowest BCUT2D eigenvalue weighted by atomic mass is 10.2. The first-order valence-electron chi connectivity index (χ1n) is 5.82. The SMILES string of the molecule is CCCC(C)Oc1ccc(S(N)(=O)=O)cc1C(=O)O. The van der Waals surface area contributed by atoms with Crippen molar-refractivity contribution in [2.24, 2.45) is 5.14 Å². The second-order valence-corrected chi connectivity index (χ2v) is 5.79. The number of carbonyl (C=O) groups is 1. The lowest BCUT2D eigenvalue weighted by Crippen LogP contribution is -2.16. The summed E-state index contributed by atoms with van der Waals surface area (Å²) in [6.45, 7) is 3.81. The zero-order valence-corrected chi connectivity index (χ0v) is 11.6. The van der Waals surface area contributed by atoms with E-state index in [1.54, 1.807) is 0 Å². The molecule has 0 aromatic heterocycles. The highest BCUT2D eigenvalue weighted by molar-refractivity contribution is 7.89. The standard InChI is InChI=1S/C12H17NO5S/c1-3-4-8(2)18-11-6-5-9(19(13,16)17)7-10(11)12(14)15/h5-8H,3-4H2,1-2H3,(H,14,15)(H2,13,16,17). The van der Waals surface area contributed by atoms with Crippen LogP contribution in [0, 0.1) is 0 Å². The zero-order valence-electron chi connectivity index (χ0n) is 10.8. The number of primary sulfonamides is 1. The van der Waals surface area contributed by atoms with Gasteiger partial charge in [0, 0.05) is 0 Å². The number of ether oxygens (including phenoxy) is 1. The maximum atomic E-state index is 11.2. The van der Waals surface area contributed by atoms with Crippen molar-refractivity contribution >= 4 is 16.0 Å². The Morgan fingerprint density at radius 1 is 1.47 bits per heavy atom. The number of sulfonamides is 1. The molecule has 3 N–H and O–H groups in total. The van der Waals surface area contributed by atoms with Crippen LogP contribution in [0.1, 0.15) is 37.0 Å². The highest BCUT2D eigenvalue weighted by Gasteiger charge is 2.18. The topological polar surface area (TPSA) is 107 Å². The number of hydrogen-bond donors (Lipinski definition) is 2. The van der Waals surface area contributed by atoms with Crippen LogP contribution in [0.5, 0.6) is 5.75 Å². The van der Waals surface area contributed by atoms with Gasteiger partial charge in [-0.25, -0.2) is 18.4 Å². The lowest BCUT2D eigenvalue weighted by molar-refractivity contribution is 0.0689. The van der Waals surface area contributed by atoms with Gasteiger partial charge in [0.25, 0.3) is 0 Å². The first-order chi connectivity index (χ1) is 8.75. The van der Waals surface area contributed by atoms with Crippen LogP contribution in [0.15, 0.2) is 23.1 Å². The number of carboxylic acids is 1. The Labute approximate surface area is 112 Å². The fourth-order valence-electron chi connectivity index (χ4n) is 1.64. The summed E-state index contributed by atoms with van der Waals surface area (Å²) in [7, 11) is -3.93. The van der Waals surface area contributed by atoms with Crippen LogP contribution in [0.3, 0.4) is 0 Å². The van der Waals surface area contributed by atoms with E-state index in [0.29, 0.717) is 0 Å². The molecule has 0 saturated heterocycles. The van der Waals surface area contributed by atoms with Crippen molar-refractivity contribution in [1.29, 1.82) is 0 Å². The van der Waals surface area contributed by atoms with Gasteiger partial charge in [-0.2, -0.15) is 0 Å². The molecule has 0 bridgehead atoms. The van der Waals surface area contributed by atoms with E-state index >= 15 is 0 Å². The molecule has 19 heavy (non-hydrogen) atoms. The lowest BCUT2D eigenvalue weighted by Gasteiger charge is -2.16. The van der Waals surface area contributed by atoms with E-state index in [1.807, 2.05) is 13.8 Å². The number of carboxylic acid groups (broad SMARTS) is 1. The molecule has 7 heteroatoms. The molecule has 1 atom stereocenters. The number of aromatic carboxylic acids is 1. The largest absolute Gasteiger partial charge is 0.490 e. The Balaban J connectivity index is 3.16. The minimum absolute atomic E-state index is 0.140. The fraction of sp³-hybridized carbons (Fsp3) is 0.417. The summed E-state index contributed by atoms with van der Waals surface area (Å²) < 4.78 is 27.9. The van der Waals surface area contributed by atoms with Crippen LogP contribution in [0.2, 0.25) is 0 Å². The van der Waals surface area contributed by atoms with Gasteiger partial charge in [-0.15, -0.1) is 0 Å². The monoisotopic (exact) mass is 287 g/mol. The molecule has 0 radical (unpaired) electrons. The predicted octanol–water partition coefficient (Wildman–Crippen LogP) is 1.60. The second-order valence-electron chi connectivity index (χ2n) is 4.23. The summed E-state index contributed by atoms with van der Waals surface area (Å²) >= 11 is 0. The van der Waals surface area contributed by atoms with Gasteiger partial charge in [0.1, 0.15) is 11.3 Å². The Kier molecular flexibility index (Phi) is 4.90. The third-order valence-corrected chi connectivity index (χ3v) is 3.44. The summed E-state index contributed by atoms with van der Waals surface area (Å²) in [5, 5.41) is 14.0. The quantitative estimate of drug-likeness (QED) is 0.826. The number of nitrogens with two attached hydrogens (primary N) is 1. The summed E-state index contributed by atoms with van der Waals surface area (Å²) in [4.78, 5) is 10.9. The maximum absolute atomic E-state index is 11.2. The van der Waals surface area contributed by atoms with E-state index in [-0.39, 0.29) is 22.3 Å². The first-order valence-corrected chi connectivity index (χ1v) is 7.37. The average molecular weight is 287 g/mol. The molecule has 0 aliphatic carbocycles. The molecule has 0 aliphatic heterocycles. The number of hydrogen-bond acceptors (Lipinski definition) is 4. The molecule has 0 aliphatic rings. The molecule has 1 rings (SSSR count). The normalized spacial score (nSPS) is 13.0. The van der Waals surface area contributed by atoms with Crippen LogP contribution >= 0.6 is 0 Å².